The average Bonchev–Trinajstić information content (AvgIpc) is 3.48. The van der Waals surface area contributed by atoms with E-state index in [0.717, 1.165) is 45.8 Å². The zero-order valence-corrected chi connectivity index (χ0v) is 15.5. The molecule has 0 radical (unpaired) electrons. The summed E-state index contributed by atoms with van der Waals surface area (Å²) in [6.45, 7) is 0. The summed E-state index contributed by atoms with van der Waals surface area (Å²) in [5, 5.41) is 9.21. The van der Waals surface area contributed by atoms with E-state index in [1.807, 2.05) is 47.2 Å². The lowest BCUT2D eigenvalue weighted by Crippen LogP contribution is -2.18. The molecule has 5 rings (SSSR count). The Morgan fingerprint density at radius 3 is 2.85 bits per heavy atom. The van der Waals surface area contributed by atoms with Crippen molar-refractivity contribution in [2.24, 2.45) is 0 Å². The third-order valence-corrected chi connectivity index (χ3v) is 6.92. The van der Waals surface area contributed by atoms with Crippen molar-refractivity contribution in [2.75, 3.05) is 0 Å². The van der Waals surface area contributed by atoms with Gasteiger partial charge in [0.25, 0.3) is 0 Å². The minimum Gasteiger partial charge on any atom is -0.611 e. The first-order valence-electron chi connectivity index (χ1n) is 9.14. The van der Waals surface area contributed by atoms with Gasteiger partial charge in [-0.1, -0.05) is 12.1 Å². The van der Waals surface area contributed by atoms with E-state index in [1.54, 1.807) is 12.5 Å². The average molecular weight is 377 g/mol. The molecule has 4 aromatic rings. The first-order valence-corrected chi connectivity index (χ1v) is 10.4. The Bertz CT molecular complexity index is 1070. The Kier molecular flexibility index (Phi) is 4.18. The van der Waals surface area contributed by atoms with E-state index >= 15 is 0 Å². The molecule has 0 saturated heterocycles. The topological polar surface area (TPSA) is 82.4 Å². The second-order valence-corrected chi connectivity index (χ2v) is 8.59. The molecule has 27 heavy (non-hydrogen) atoms. The van der Waals surface area contributed by atoms with Crippen LogP contribution in [0.3, 0.4) is 0 Å². The van der Waals surface area contributed by atoms with Crippen molar-refractivity contribution in [3.05, 3.63) is 55.1 Å². The molecule has 1 aliphatic carbocycles. The summed E-state index contributed by atoms with van der Waals surface area (Å²) in [7, 11) is 0. The summed E-state index contributed by atoms with van der Waals surface area (Å²) in [6.07, 6.45) is 9.82. The molecule has 0 aliphatic heterocycles. The summed E-state index contributed by atoms with van der Waals surface area (Å²) >= 11 is -0.965. The van der Waals surface area contributed by atoms with Crippen LogP contribution >= 0.6 is 0 Å². The van der Waals surface area contributed by atoms with Gasteiger partial charge in [0.15, 0.2) is 10.7 Å². The van der Waals surface area contributed by atoms with Crippen LogP contribution < -0.4 is 0 Å². The van der Waals surface area contributed by atoms with Gasteiger partial charge in [-0.2, -0.15) is 0 Å². The second-order valence-electron chi connectivity index (χ2n) is 6.86. The van der Waals surface area contributed by atoms with Gasteiger partial charge >= 0.3 is 0 Å². The zero-order valence-electron chi connectivity index (χ0n) is 14.7. The van der Waals surface area contributed by atoms with Crippen molar-refractivity contribution in [2.45, 2.75) is 35.8 Å². The molecule has 7 heteroatoms. The smallest absolute Gasteiger partial charge is 0.172 e. The van der Waals surface area contributed by atoms with E-state index in [0.29, 0.717) is 0 Å². The quantitative estimate of drug-likeness (QED) is 0.548. The van der Waals surface area contributed by atoms with Crippen LogP contribution in [0.25, 0.3) is 28.1 Å². The van der Waals surface area contributed by atoms with Crippen molar-refractivity contribution in [1.82, 2.24) is 24.7 Å². The molecule has 1 N–H and O–H groups in total. The molecule has 0 amide bonds. The van der Waals surface area contributed by atoms with Crippen LogP contribution in [-0.4, -0.2) is 34.5 Å². The first kappa shape index (κ1) is 16.5. The zero-order chi connectivity index (χ0) is 18.2. The van der Waals surface area contributed by atoms with Gasteiger partial charge in [0.2, 0.25) is 0 Å². The number of benzene rings is 1. The number of hydrogen-bond acceptors (Lipinski definition) is 4. The maximum Gasteiger partial charge on any atom is 0.172 e. The SMILES string of the molecule is [O-][S+](c1cnc2c(ccn2-c2cccc(-c3nnc[nH]3)c2)c1)C1CCCC1. The predicted octanol–water partition coefficient (Wildman–Crippen LogP) is 3.86. The molecule has 1 aliphatic rings. The highest BCUT2D eigenvalue weighted by atomic mass is 32.2. The number of nitrogens with zero attached hydrogens (tertiary/aromatic N) is 4. The van der Waals surface area contributed by atoms with Crippen molar-refractivity contribution >= 4 is 22.2 Å². The Balaban J connectivity index is 1.51. The minimum absolute atomic E-state index is 0.282. The maximum absolute atomic E-state index is 12.8. The van der Waals surface area contributed by atoms with Gasteiger partial charge in [-0.3, -0.25) is 0 Å². The van der Waals surface area contributed by atoms with Crippen LogP contribution in [0.1, 0.15) is 25.7 Å². The van der Waals surface area contributed by atoms with E-state index in [-0.39, 0.29) is 5.25 Å². The lowest BCUT2D eigenvalue weighted by atomic mass is 10.2. The third kappa shape index (κ3) is 3.02. The van der Waals surface area contributed by atoms with Crippen molar-refractivity contribution < 1.29 is 4.55 Å². The van der Waals surface area contributed by atoms with Gasteiger partial charge in [0, 0.05) is 28.9 Å². The molecule has 1 unspecified atom stereocenters. The minimum atomic E-state index is -0.965. The highest BCUT2D eigenvalue weighted by molar-refractivity contribution is 7.92. The van der Waals surface area contributed by atoms with Gasteiger partial charge < -0.3 is 14.1 Å². The van der Waals surface area contributed by atoms with Crippen LogP contribution in [0, 0.1) is 0 Å². The second kappa shape index (κ2) is 6.83. The Morgan fingerprint density at radius 2 is 2.04 bits per heavy atom. The number of fused-ring (bicyclic) bond motifs is 1. The summed E-state index contributed by atoms with van der Waals surface area (Å²) < 4.78 is 14.8. The summed E-state index contributed by atoms with van der Waals surface area (Å²) in [6, 6.07) is 12.1. The number of aromatic amines is 1. The fourth-order valence-corrected chi connectivity index (χ4v) is 5.31. The number of hydrogen-bond donors (Lipinski definition) is 1. The fourth-order valence-electron chi connectivity index (χ4n) is 3.77. The lowest BCUT2D eigenvalue weighted by Gasteiger charge is -2.16. The van der Waals surface area contributed by atoms with Gasteiger partial charge in [0.1, 0.15) is 17.2 Å². The molecule has 3 heterocycles. The molecular formula is C20H19N5OS. The molecule has 1 aromatic carbocycles. The normalized spacial score (nSPS) is 16.2. The summed E-state index contributed by atoms with van der Waals surface area (Å²) in [5.74, 6) is 0.732. The highest BCUT2D eigenvalue weighted by Gasteiger charge is 2.28. The van der Waals surface area contributed by atoms with Crippen LogP contribution in [0.5, 0.6) is 0 Å². The van der Waals surface area contributed by atoms with Gasteiger partial charge in [0.05, 0.1) is 6.20 Å². The van der Waals surface area contributed by atoms with Crippen LogP contribution in [-0.2, 0) is 11.2 Å². The van der Waals surface area contributed by atoms with Gasteiger partial charge in [-0.25, -0.2) is 4.98 Å². The number of rotatable bonds is 4. The third-order valence-electron chi connectivity index (χ3n) is 5.15. The van der Waals surface area contributed by atoms with E-state index in [1.165, 1.54) is 12.8 Å². The van der Waals surface area contributed by atoms with Crippen molar-refractivity contribution in [1.29, 1.82) is 0 Å². The number of aromatic nitrogens is 5. The standard InChI is InChI=1S/C20H19N5OS/c26-27(17-6-1-2-7-17)18-11-15-8-9-25(20(15)21-12-18)16-5-3-4-14(10-16)19-22-13-23-24-19/h3-5,8-13,17H,1-2,6-7H2,(H,22,23,24). The Labute approximate surface area is 159 Å². The maximum atomic E-state index is 12.8. The van der Waals surface area contributed by atoms with E-state index in [2.05, 4.69) is 20.2 Å². The Hall–Kier alpha value is -2.64. The molecule has 3 aromatic heterocycles. The largest absolute Gasteiger partial charge is 0.611 e. The van der Waals surface area contributed by atoms with Gasteiger partial charge in [-0.15, -0.1) is 10.2 Å². The van der Waals surface area contributed by atoms with E-state index in [4.69, 9.17) is 0 Å². The summed E-state index contributed by atoms with van der Waals surface area (Å²) in [5.41, 5.74) is 2.82. The molecular weight excluding hydrogens is 358 g/mol. The molecule has 136 valence electrons. The number of H-pyrrole nitrogens is 1. The predicted molar refractivity (Wildman–Crippen MR) is 105 cm³/mol. The number of nitrogens with one attached hydrogen (secondary N) is 1. The monoisotopic (exact) mass is 377 g/mol. The van der Waals surface area contributed by atoms with Crippen LogP contribution in [0.2, 0.25) is 0 Å². The first-order chi connectivity index (χ1) is 13.3. The molecule has 1 fully saturated rings. The van der Waals surface area contributed by atoms with Crippen molar-refractivity contribution in [3.8, 4) is 17.1 Å². The lowest BCUT2D eigenvalue weighted by molar-refractivity contribution is 0.578. The molecule has 1 atom stereocenters. The van der Waals surface area contributed by atoms with E-state index in [9.17, 15) is 4.55 Å². The summed E-state index contributed by atoms with van der Waals surface area (Å²) in [4.78, 5) is 8.50. The molecule has 1 saturated carbocycles. The highest BCUT2D eigenvalue weighted by Crippen LogP contribution is 2.31. The van der Waals surface area contributed by atoms with Gasteiger partial charge in [-0.05, 0) is 55.1 Å². The van der Waals surface area contributed by atoms with E-state index < -0.39 is 11.2 Å². The Morgan fingerprint density at radius 1 is 1.15 bits per heavy atom. The van der Waals surface area contributed by atoms with Crippen molar-refractivity contribution in [3.63, 3.8) is 0 Å². The molecule has 6 nitrogen and oxygen atoms in total. The fraction of sp³-hybridized carbons (Fsp3) is 0.250. The van der Waals surface area contributed by atoms with Crippen LogP contribution in [0.4, 0.5) is 0 Å². The van der Waals surface area contributed by atoms with Crippen LogP contribution in [0.15, 0.2) is 60.0 Å². The molecule has 0 spiro atoms. The molecule has 0 bridgehead atoms. The number of pyridine rings is 1.